The molecular weight excluding hydrogens is 262 g/mol. The Morgan fingerprint density at radius 3 is 2.52 bits per heavy atom. The van der Waals surface area contributed by atoms with E-state index < -0.39 is 0 Å². The van der Waals surface area contributed by atoms with Gasteiger partial charge in [-0.25, -0.2) is 0 Å². The Balaban J connectivity index is 1.90. The summed E-state index contributed by atoms with van der Waals surface area (Å²) >= 11 is 0. The Morgan fingerprint density at radius 1 is 1.33 bits per heavy atom. The third-order valence-electron chi connectivity index (χ3n) is 3.86. The van der Waals surface area contributed by atoms with E-state index in [0.717, 1.165) is 16.9 Å². The van der Waals surface area contributed by atoms with Gasteiger partial charge in [-0.3, -0.25) is 4.79 Å². The molecule has 1 unspecified atom stereocenters. The van der Waals surface area contributed by atoms with Gasteiger partial charge in [0, 0.05) is 11.6 Å². The molecule has 114 valence electrons. The van der Waals surface area contributed by atoms with E-state index in [0.29, 0.717) is 12.6 Å². The summed E-state index contributed by atoms with van der Waals surface area (Å²) in [5.41, 5.74) is 1.71. The molecule has 3 nitrogen and oxygen atoms in total. The molecule has 0 aliphatic heterocycles. The highest BCUT2D eigenvalue weighted by atomic mass is 16.5. The number of nitrogens with one attached hydrogen (secondary N) is 1. The highest BCUT2D eigenvalue weighted by molar-refractivity contribution is 5.99. The van der Waals surface area contributed by atoms with Crippen LogP contribution in [0.1, 0.15) is 49.9 Å². The first-order valence-corrected chi connectivity index (χ1v) is 7.74. The molecule has 1 N–H and O–H groups in total. The summed E-state index contributed by atoms with van der Waals surface area (Å²) in [6.45, 7) is 8.18. The molecule has 0 saturated heterocycles. The van der Waals surface area contributed by atoms with Gasteiger partial charge in [0.25, 0.3) is 0 Å². The zero-order chi connectivity index (χ0) is 15.2. The van der Waals surface area contributed by atoms with Crippen molar-refractivity contribution in [1.29, 1.82) is 0 Å². The minimum Gasteiger partial charge on any atom is -0.489 e. The van der Waals surface area contributed by atoms with E-state index in [1.807, 2.05) is 38.1 Å². The van der Waals surface area contributed by atoms with Crippen LogP contribution < -0.4 is 10.1 Å². The number of carbonyl (C=O) groups excluding carboxylic acids is 1. The van der Waals surface area contributed by atoms with Crippen LogP contribution in [0.4, 0.5) is 0 Å². The number of rotatable bonds is 7. The van der Waals surface area contributed by atoms with Crippen molar-refractivity contribution in [2.45, 2.75) is 51.6 Å². The number of ether oxygens (including phenoxy) is 1. The smallest absolute Gasteiger partial charge is 0.179 e. The summed E-state index contributed by atoms with van der Waals surface area (Å²) in [5.74, 6) is 0.916. The molecule has 0 radical (unpaired) electrons. The molecule has 1 aliphatic rings. The quantitative estimate of drug-likeness (QED) is 0.613. The van der Waals surface area contributed by atoms with Gasteiger partial charge < -0.3 is 10.1 Å². The predicted molar refractivity (Wildman–Crippen MR) is 85.9 cm³/mol. The lowest BCUT2D eigenvalue weighted by molar-refractivity contribution is 0.0944. The summed E-state index contributed by atoms with van der Waals surface area (Å²) in [7, 11) is 0. The van der Waals surface area contributed by atoms with E-state index in [2.05, 4.69) is 11.9 Å². The zero-order valence-electron chi connectivity index (χ0n) is 13.0. The van der Waals surface area contributed by atoms with Crippen LogP contribution in [0.2, 0.25) is 0 Å². The van der Waals surface area contributed by atoms with E-state index in [-0.39, 0.29) is 11.8 Å². The maximum Gasteiger partial charge on any atom is 0.179 e. The molecule has 1 saturated carbocycles. The van der Waals surface area contributed by atoms with Crippen molar-refractivity contribution in [2.24, 2.45) is 0 Å². The van der Waals surface area contributed by atoms with Crippen molar-refractivity contribution in [1.82, 2.24) is 5.32 Å². The molecular formula is C18H25NO2. The van der Waals surface area contributed by atoms with Gasteiger partial charge in [-0.15, -0.1) is 0 Å². The molecule has 3 heteroatoms. The second-order valence-corrected chi connectivity index (χ2v) is 6.00. The van der Waals surface area contributed by atoms with E-state index in [1.54, 1.807) is 0 Å². The third kappa shape index (κ3) is 4.71. The molecule has 2 rings (SSSR count). The van der Waals surface area contributed by atoms with Gasteiger partial charge >= 0.3 is 0 Å². The van der Waals surface area contributed by atoms with Gasteiger partial charge in [0.05, 0.1) is 6.04 Å². The summed E-state index contributed by atoms with van der Waals surface area (Å²) < 4.78 is 5.54. The monoisotopic (exact) mass is 287 g/mol. The summed E-state index contributed by atoms with van der Waals surface area (Å²) in [6, 6.07) is 7.74. The van der Waals surface area contributed by atoms with Crippen LogP contribution in [0.25, 0.3) is 0 Å². The Hall–Kier alpha value is -1.61. The van der Waals surface area contributed by atoms with Crippen LogP contribution in [-0.4, -0.2) is 24.5 Å². The fourth-order valence-electron chi connectivity index (χ4n) is 2.69. The van der Waals surface area contributed by atoms with Crippen molar-refractivity contribution in [3.63, 3.8) is 0 Å². The lowest BCUT2D eigenvalue weighted by Crippen LogP contribution is -2.40. The first kappa shape index (κ1) is 15.8. The molecule has 1 aliphatic carbocycles. The van der Waals surface area contributed by atoms with Crippen molar-refractivity contribution in [2.75, 3.05) is 6.61 Å². The lowest BCUT2D eigenvalue weighted by atomic mass is 10.0. The topological polar surface area (TPSA) is 38.3 Å². The molecule has 1 aromatic rings. The molecule has 0 heterocycles. The number of hydrogen-bond donors (Lipinski definition) is 1. The van der Waals surface area contributed by atoms with Crippen molar-refractivity contribution in [3.05, 3.63) is 42.0 Å². The number of hydrogen-bond acceptors (Lipinski definition) is 3. The van der Waals surface area contributed by atoms with Crippen LogP contribution >= 0.6 is 0 Å². The lowest BCUT2D eigenvalue weighted by Gasteiger charge is -2.18. The molecule has 0 amide bonds. The van der Waals surface area contributed by atoms with Crippen LogP contribution in [-0.2, 0) is 0 Å². The van der Waals surface area contributed by atoms with Crippen LogP contribution in [0.3, 0.4) is 0 Å². The standard InChI is InChI=1S/C18H25NO2/c1-13(2)12-21-17-10-8-15(9-11-17)18(20)14(3)19-16-6-4-5-7-16/h8-11,14,16,19H,1,4-7,12H2,2-3H3. The Morgan fingerprint density at radius 2 is 1.95 bits per heavy atom. The van der Waals surface area contributed by atoms with E-state index >= 15 is 0 Å². The fraction of sp³-hybridized carbons (Fsp3) is 0.500. The van der Waals surface area contributed by atoms with Crippen LogP contribution in [0, 0.1) is 0 Å². The number of Topliss-reactive ketones (excluding diaryl/α,β-unsaturated/α-hetero) is 1. The first-order chi connectivity index (χ1) is 10.1. The zero-order valence-corrected chi connectivity index (χ0v) is 13.0. The largest absolute Gasteiger partial charge is 0.489 e. The summed E-state index contributed by atoms with van der Waals surface area (Å²) in [5, 5.41) is 3.44. The minimum atomic E-state index is -0.129. The van der Waals surface area contributed by atoms with Crippen LogP contribution in [0.5, 0.6) is 5.75 Å². The molecule has 0 spiro atoms. The normalized spacial score (nSPS) is 16.7. The molecule has 21 heavy (non-hydrogen) atoms. The second kappa shape index (κ2) is 7.41. The van der Waals surface area contributed by atoms with Gasteiger partial charge in [0.15, 0.2) is 5.78 Å². The molecule has 0 aromatic heterocycles. The van der Waals surface area contributed by atoms with E-state index in [1.165, 1.54) is 25.7 Å². The van der Waals surface area contributed by atoms with Gasteiger partial charge in [0.2, 0.25) is 0 Å². The van der Waals surface area contributed by atoms with Gasteiger partial charge in [-0.1, -0.05) is 19.4 Å². The fourth-order valence-corrected chi connectivity index (χ4v) is 2.69. The third-order valence-corrected chi connectivity index (χ3v) is 3.86. The van der Waals surface area contributed by atoms with Gasteiger partial charge in [0.1, 0.15) is 12.4 Å². The summed E-state index contributed by atoms with van der Waals surface area (Å²) in [4.78, 5) is 12.4. The Kier molecular flexibility index (Phi) is 5.57. The molecule has 1 fully saturated rings. The number of ketones is 1. The van der Waals surface area contributed by atoms with Gasteiger partial charge in [-0.05, 0) is 56.5 Å². The van der Waals surface area contributed by atoms with Crippen molar-refractivity contribution < 1.29 is 9.53 Å². The number of carbonyl (C=O) groups is 1. The first-order valence-electron chi connectivity index (χ1n) is 7.74. The molecule has 1 aromatic carbocycles. The van der Waals surface area contributed by atoms with E-state index in [4.69, 9.17) is 4.74 Å². The summed E-state index contributed by atoms with van der Waals surface area (Å²) in [6.07, 6.45) is 4.91. The Labute approximate surface area is 127 Å². The SMILES string of the molecule is C=C(C)COc1ccc(C(=O)C(C)NC2CCCC2)cc1. The molecule has 0 bridgehead atoms. The second-order valence-electron chi connectivity index (χ2n) is 6.00. The highest BCUT2D eigenvalue weighted by Crippen LogP contribution is 2.19. The average molecular weight is 287 g/mol. The number of benzene rings is 1. The predicted octanol–water partition coefficient (Wildman–Crippen LogP) is 3.74. The highest BCUT2D eigenvalue weighted by Gasteiger charge is 2.21. The Bertz CT molecular complexity index is 486. The van der Waals surface area contributed by atoms with Gasteiger partial charge in [-0.2, -0.15) is 0 Å². The van der Waals surface area contributed by atoms with Crippen LogP contribution in [0.15, 0.2) is 36.4 Å². The average Bonchev–Trinajstić information content (AvgIpc) is 2.97. The maximum absolute atomic E-state index is 12.4. The maximum atomic E-state index is 12.4. The molecule has 1 atom stereocenters. The van der Waals surface area contributed by atoms with Crippen molar-refractivity contribution >= 4 is 5.78 Å². The van der Waals surface area contributed by atoms with Crippen molar-refractivity contribution in [3.8, 4) is 5.75 Å². The minimum absolute atomic E-state index is 0.129. The van der Waals surface area contributed by atoms with E-state index in [9.17, 15) is 4.79 Å².